The molecule has 2 nitrogen and oxygen atoms in total. The summed E-state index contributed by atoms with van der Waals surface area (Å²) < 4.78 is 0. The highest BCUT2D eigenvalue weighted by atomic mass is 32.2. The Hall–Kier alpha value is -1.48. The largest absolute Gasteiger partial charge is 0.370 e. The van der Waals surface area contributed by atoms with Gasteiger partial charge in [-0.1, -0.05) is 31.2 Å². The first kappa shape index (κ1) is 13.0. The molecule has 0 saturated heterocycles. The number of hydrogen-bond acceptors (Lipinski definition) is 3. The van der Waals surface area contributed by atoms with Crippen molar-refractivity contribution in [1.29, 1.82) is 0 Å². The molecule has 0 saturated carbocycles. The third-order valence-electron chi connectivity index (χ3n) is 2.53. The summed E-state index contributed by atoms with van der Waals surface area (Å²) in [7, 11) is 0. The highest BCUT2D eigenvalue weighted by Crippen LogP contribution is 2.22. The van der Waals surface area contributed by atoms with E-state index in [9.17, 15) is 0 Å². The van der Waals surface area contributed by atoms with E-state index >= 15 is 0 Å². The third-order valence-corrected chi connectivity index (χ3v) is 3.61. The number of pyridine rings is 1. The molecule has 3 heteroatoms. The van der Waals surface area contributed by atoms with Crippen molar-refractivity contribution in [3.05, 3.63) is 54.2 Å². The van der Waals surface area contributed by atoms with Crippen molar-refractivity contribution in [3.8, 4) is 0 Å². The lowest BCUT2D eigenvalue weighted by Crippen LogP contribution is -2.01. The maximum Gasteiger partial charge on any atom is 0.125 e. The van der Waals surface area contributed by atoms with Crippen molar-refractivity contribution in [2.75, 3.05) is 11.9 Å². The van der Waals surface area contributed by atoms with Gasteiger partial charge in [0.2, 0.25) is 0 Å². The predicted molar refractivity (Wildman–Crippen MR) is 79.0 cm³/mol. The minimum Gasteiger partial charge on any atom is -0.370 e. The summed E-state index contributed by atoms with van der Waals surface area (Å²) in [5.41, 5.74) is 1.26. The van der Waals surface area contributed by atoms with Crippen LogP contribution in [0.5, 0.6) is 0 Å². The predicted octanol–water partition coefficient (Wildman–Crippen LogP) is 4.20. The number of aromatic nitrogens is 1. The van der Waals surface area contributed by atoms with Crippen molar-refractivity contribution in [2.24, 2.45) is 0 Å². The Morgan fingerprint density at radius 3 is 2.61 bits per heavy atom. The molecule has 0 amide bonds. The molecular formula is C15H18N2S. The first-order valence-corrected chi connectivity index (χ1v) is 7.23. The second-order valence-corrected chi connectivity index (χ2v) is 5.13. The number of benzene rings is 1. The number of nitrogens with zero attached hydrogens (tertiary/aromatic N) is 1. The van der Waals surface area contributed by atoms with Crippen molar-refractivity contribution in [1.82, 2.24) is 4.98 Å². The van der Waals surface area contributed by atoms with Gasteiger partial charge in [-0.3, -0.25) is 0 Å². The van der Waals surface area contributed by atoms with Crippen molar-refractivity contribution in [3.63, 3.8) is 0 Å². The fourth-order valence-electron chi connectivity index (χ4n) is 1.55. The summed E-state index contributed by atoms with van der Waals surface area (Å²) in [5, 5.41) is 3.28. The van der Waals surface area contributed by atoms with E-state index in [4.69, 9.17) is 0 Å². The monoisotopic (exact) mass is 258 g/mol. The standard InChI is InChI=1S/C15H18N2S/c1-2-10-16-15-9-8-13(11-17-15)12-18-14-6-4-3-5-7-14/h3-9,11H,2,10,12H2,1H3,(H,16,17). The van der Waals surface area contributed by atoms with Crippen molar-refractivity contribution in [2.45, 2.75) is 24.0 Å². The molecule has 0 fully saturated rings. The Bertz CT molecular complexity index is 454. The lowest BCUT2D eigenvalue weighted by molar-refractivity contribution is 0.968. The Morgan fingerprint density at radius 1 is 1.11 bits per heavy atom. The molecule has 0 atom stereocenters. The van der Waals surface area contributed by atoms with Crippen LogP contribution in [0.3, 0.4) is 0 Å². The fraction of sp³-hybridized carbons (Fsp3) is 0.267. The molecule has 0 aliphatic heterocycles. The van der Waals surface area contributed by atoms with E-state index in [1.165, 1.54) is 10.5 Å². The molecule has 2 aromatic rings. The number of rotatable bonds is 6. The summed E-state index contributed by atoms with van der Waals surface area (Å²) in [6.45, 7) is 3.13. The van der Waals surface area contributed by atoms with E-state index in [0.29, 0.717) is 0 Å². The molecule has 1 aromatic heterocycles. The molecule has 0 unspecified atom stereocenters. The minimum atomic E-state index is 0.963. The number of thioether (sulfide) groups is 1. The first-order valence-electron chi connectivity index (χ1n) is 6.25. The molecule has 18 heavy (non-hydrogen) atoms. The summed E-state index contributed by atoms with van der Waals surface area (Å²) in [6, 6.07) is 14.6. The van der Waals surface area contributed by atoms with Crippen LogP contribution in [0.4, 0.5) is 5.82 Å². The summed E-state index contributed by atoms with van der Waals surface area (Å²) >= 11 is 1.84. The summed E-state index contributed by atoms with van der Waals surface area (Å²) in [5.74, 6) is 1.93. The van der Waals surface area contributed by atoms with Crippen LogP contribution < -0.4 is 5.32 Å². The SMILES string of the molecule is CCCNc1ccc(CSc2ccccc2)cn1. The van der Waals surface area contributed by atoms with Crippen molar-refractivity contribution < 1.29 is 0 Å². The number of anilines is 1. The lowest BCUT2D eigenvalue weighted by Gasteiger charge is -2.05. The summed E-state index contributed by atoms with van der Waals surface area (Å²) in [6.07, 6.45) is 3.07. The van der Waals surface area contributed by atoms with Crippen LogP contribution in [0.1, 0.15) is 18.9 Å². The van der Waals surface area contributed by atoms with Crippen LogP contribution in [0.2, 0.25) is 0 Å². The highest BCUT2D eigenvalue weighted by molar-refractivity contribution is 7.98. The lowest BCUT2D eigenvalue weighted by atomic mass is 10.3. The molecule has 0 aliphatic carbocycles. The topological polar surface area (TPSA) is 24.9 Å². The summed E-state index contributed by atoms with van der Waals surface area (Å²) in [4.78, 5) is 5.70. The molecule has 0 radical (unpaired) electrons. The number of nitrogens with one attached hydrogen (secondary N) is 1. The van der Waals surface area contributed by atoms with E-state index in [1.54, 1.807) is 0 Å². The van der Waals surface area contributed by atoms with Gasteiger partial charge in [-0.2, -0.15) is 0 Å². The average molecular weight is 258 g/mol. The van der Waals surface area contributed by atoms with Crippen LogP contribution in [0, 0.1) is 0 Å². The fourth-order valence-corrected chi connectivity index (χ4v) is 2.40. The van der Waals surface area contributed by atoms with Gasteiger partial charge < -0.3 is 5.32 Å². The van der Waals surface area contributed by atoms with Gasteiger partial charge in [-0.25, -0.2) is 4.98 Å². The van der Waals surface area contributed by atoms with Gasteiger partial charge in [0.15, 0.2) is 0 Å². The Labute approximate surface area is 113 Å². The Kier molecular flexibility index (Phi) is 5.09. The zero-order valence-electron chi connectivity index (χ0n) is 10.6. The first-order chi connectivity index (χ1) is 8.88. The van der Waals surface area contributed by atoms with Gasteiger partial charge in [0.1, 0.15) is 5.82 Å². The number of hydrogen-bond donors (Lipinski definition) is 1. The minimum absolute atomic E-state index is 0.963. The Morgan fingerprint density at radius 2 is 1.94 bits per heavy atom. The van der Waals surface area contributed by atoms with E-state index in [-0.39, 0.29) is 0 Å². The zero-order valence-corrected chi connectivity index (χ0v) is 11.4. The second kappa shape index (κ2) is 7.07. The molecule has 0 bridgehead atoms. The maximum absolute atomic E-state index is 4.40. The maximum atomic E-state index is 4.40. The van der Waals surface area contributed by atoms with Gasteiger partial charge >= 0.3 is 0 Å². The molecule has 2 rings (SSSR count). The van der Waals surface area contributed by atoms with Crippen LogP contribution >= 0.6 is 11.8 Å². The van der Waals surface area contributed by atoms with Gasteiger partial charge in [0.25, 0.3) is 0 Å². The molecular weight excluding hydrogens is 240 g/mol. The highest BCUT2D eigenvalue weighted by Gasteiger charge is 1.97. The molecule has 94 valence electrons. The van der Waals surface area contributed by atoms with E-state index in [1.807, 2.05) is 24.0 Å². The quantitative estimate of drug-likeness (QED) is 0.786. The molecule has 0 spiro atoms. The smallest absolute Gasteiger partial charge is 0.125 e. The normalized spacial score (nSPS) is 10.3. The van der Waals surface area contributed by atoms with Gasteiger partial charge in [0.05, 0.1) is 0 Å². The zero-order chi connectivity index (χ0) is 12.6. The second-order valence-electron chi connectivity index (χ2n) is 4.08. The van der Waals surface area contributed by atoms with Crippen LogP contribution in [-0.4, -0.2) is 11.5 Å². The van der Waals surface area contributed by atoms with Crippen molar-refractivity contribution >= 4 is 17.6 Å². The average Bonchev–Trinajstić information content (AvgIpc) is 2.45. The van der Waals surface area contributed by atoms with E-state index < -0.39 is 0 Å². The van der Waals surface area contributed by atoms with Crippen LogP contribution in [-0.2, 0) is 5.75 Å². The van der Waals surface area contributed by atoms with Crippen LogP contribution in [0.25, 0.3) is 0 Å². The molecule has 1 aromatic carbocycles. The van der Waals surface area contributed by atoms with Gasteiger partial charge in [-0.05, 0) is 30.2 Å². The Balaban J connectivity index is 1.86. The van der Waals surface area contributed by atoms with E-state index in [0.717, 1.165) is 24.5 Å². The van der Waals surface area contributed by atoms with Crippen LogP contribution in [0.15, 0.2) is 53.6 Å². The molecule has 0 aliphatic rings. The molecule has 1 heterocycles. The van der Waals surface area contributed by atoms with Gasteiger partial charge in [0, 0.05) is 23.4 Å². The van der Waals surface area contributed by atoms with Gasteiger partial charge in [-0.15, -0.1) is 11.8 Å². The molecule has 1 N–H and O–H groups in total. The third kappa shape index (κ3) is 4.08. The van der Waals surface area contributed by atoms with E-state index in [2.05, 4.69) is 53.6 Å².